The Labute approximate surface area is 76.2 Å². The lowest BCUT2D eigenvalue weighted by Crippen LogP contribution is -2.28. The van der Waals surface area contributed by atoms with Crippen LogP contribution < -0.4 is 15.2 Å². The molecule has 0 saturated carbocycles. The van der Waals surface area contributed by atoms with Gasteiger partial charge in [-0.3, -0.25) is 0 Å². The van der Waals surface area contributed by atoms with Crippen LogP contribution >= 0.6 is 0 Å². The number of rotatable bonds is 3. The van der Waals surface area contributed by atoms with Crippen molar-refractivity contribution < 1.29 is 14.9 Å². The summed E-state index contributed by atoms with van der Waals surface area (Å²) in [7, 11) is 0. The number of hydrogen-bond acceptors (Lipinski definition) is 3. The monoisotopic (exact) mass is 180 g/mol. The van der Waals surface area contributed by atoms with Gasteiger partial charge in [-0.1, -0.05) is 25.3 Å². The summed E-state index contributed by atoms with van der Waals surface area (Å²) >= 11 is 0. The van der Waals surface area contributed by atoms with Crippen molar-refractivity contribution in [2.24, 2.45) is 0 Å². The van der Waals surface area contributed by atoms with Crippen molar-refractivity contribution in [2.75, 3.05) is 6.61 Å². The van der Waals surface area contributed by atoms with Gasteiger partial charge in [0.15, 0.2) is 0 Å². The summed E-state index contributed by atoms with van der Waals surface area (Å²) in [5.74, 6) is 0.439. The second-order valence-electron chi connectivity index (χ2n) is 2.65. The number of hydrogen-bond donors (Lipinski definition) is 2. The Hall–Kier alpha value is -1.32. The van der Waals surface area contributed by atoms with Gasteiger partial charge in [0.1, 0.15) is 12.4 Å². The molecular formula is C10H12O3. The second kappa shape index (κ2) is 4.07. The Morgan fingerprint density at radius 2 is 2.08 bits per heavy atom. The van der Waals surface area contributed by atoms with Gasteiger partial charge in [-0.15, -0.1) is 0 Å². The molecule has 2 N–H and O–H groups in total. The Bertz CT molecular complexity index is 372. The fourth-order valence-electron chi connectivity index (χ4n) is 0.905. The first-order chi connectivity index (χ1) is 6.15. The normalized spacial score (nSPS) is 12.5. The molecule has 1 rings (SSSR count). The van der Waals surface area contributed by atoms with Crippen molar-refractivity contribution in [1.82, 2.24) is 0 Å². The minimum absolute atomic E-state index is 0.439. The van der Waals surface area contributed by atoms with E-state index in [0.29, 0.717) is 11.0 Å². The van der Waals surface area contributed by atoms with E-state index in [1.165, 1.54) is 0 Å². The highest BCUT2D eigenvalue weighted by Crippen LogP contribution is 2.00. The van der Waals surface area contributed by atoms with Crippen molar-refractivity contribution in [3.63, 3.8) is 0 Å². The highest BCUT2D eigenvalue weighted by molar-refractivity contribution is 5.29. The molecule has 1 aromatic carbocycles. The number of aliphatic hydroxyl groups excluding tert-OH is 2. The van der Waals surface area contributed by atoms with Gasteiger partial charge >= 0.3 is 0 Å². The van der Waals surface area contributed by atoms with Crippen molar-refractivity contribution >= 4 is 13.2 Å². The molecule has 0 aliphatic heterocycles. The summed E-state index contributed by atoms with van der Waals surface area (Å²) in [6.45, 7) is 7.01. The fourth-order valence-corrected chi connectivity index (χ4v) is 0.905. The Balaban J connectivity index is 2.96. The maximum absolute atomic E-state index is 9.01. The molecular weight excluding hydrogens is 168 g/mol. The van der Waals surface area contributed by atoms with Crippen LogP contribution in [0.4, 0.5) is 0 Å². The number of ether oxygens (including phenoxy) is 1. The van der Waals surface area contributed by atoms with Crippen LogP contribution in [0.1, 0.15) is 0 Å². The van der Waals surface area contributed by atoms with Crippen molar-refractivity contribution in [2.45, 2.75) is 6.29 Å². The van der Waals surface area contributed by atoms with Crippen LogP contribution in [-0.4, -0.2) is 23.1 Å². The van der Waals surface area contributed by atoms with Gasteiger partial charge in [0.2, 0.25) is 6.29 Å². The van der Waals surface area contributed by atoms with Crippen LogP contribution in [0.15, 0.2) is 18.2 Å². The fraction of sp³-hybridized carbons (Fsp3) is 0.200. The van der Waals surface area contributed by atoms with Gasteiger partial charge in [0.05, 0.1) is 0 Å². The first kappa shape index (κ1) is 9.77. The van der Waals surface area contributed by atoms with Gasteiger partial charge < -0.3 is 14.9 Å². The molecule has 1 atom stereocenters. The van der Waals surface area contributed by atoms with E-state index >= 15 is 0 Å². The highest BCUT2D eigenvalue weighted by Gasteiger charge is 2.03. The molecule has 0 bridgehead atoms. The first-order valence-electron chi connectivity index (χ1n) is 3.87. The van der Waals surface area contributed by atoms with Crippen LogP contribution in [0.3, 0.4) is 0 Å². The average Bonchev–Trinajstić information content (AvgIpc) is 2.13. The van der Waals surface area contributed by atoms with Crippen molar-refractivity contribution in [3.8, 4) is 5.75 Å². The van der Waals surface area contributed by atoms with E-state index in [0.717, 1.165) is 5.22 Å². The Morgan fingerprint density at radius 1 is 1.38 bits per heavy atom. The van der Waals surface area contributed by atoms with E-state index in [2.05, 4.69) is 13.2 Å². The zero-order valence-corrected chi connectivity index (χ0v) is 7.23. The summed E-state index contributed by atoms with van der Waals surface area (Å²) in [5, 5.41) is 18.9. The molecule has 70 valence electrons. The number of aliphatic hydroxyl groups is 2. The van der Waals surface area contributed by atoms with Crippen LogP contribution in [0.25, 0.3) is 13.2 Å². The molecule has 0 amide bonds. The van der Waals surface area contributed by atoms with Crippen molar-refractivity contribution in [1.29, 1.82) is 0 Å². The molecule has 1 unspecified atom stereocenters. The average molecular weight is 180 g/mol. The molecule has 0 aromatic heterocycles. The maximum Gasteiger partial charge on any atom is 0.220 e. The van der Waals surface area contributed by atoms with E-state index in [1.807, 2.05) is 0 Å². The molecule has 0 radical (unpaired) electrons. The summed E-state index contributed by atoms with van der Waals surface area (Å²) in [4.78, 5) is 0. The van der Waals surface area contributed by atoms with Crippen LogP contribution in [-0.2, 0) is 0 Å². The zero-order valence-electron chi connectivity index (χ0n) is 7.23. The molecule has 13 heavy (non-hydrogen) atoms. The predicted molar refractivity (Wildman–Crippen MR) is 50.5 cm³/mol. The van der Waals surface area contributed by atoms with E-state index in [9.17, 15) is 0 Å². The summed E-state index contributed by atoms with van der Waals surface area (Å²) in [6, 6.07) is 5.20. The standard InChI is InChI=1S/C10H12O3/c1-7-4-3-5-9(8(7)2)13-10(12)6-11/h3-5,10-12H,1-2,6H2. The maximum atomic E-state index is 9.01. The van der Waals surface area contributed by atoms with Gasteiger partial charge in [0, 0.05) is 5.22 Å². The van der Waals surface area contributed by atoms with Crippen LogP contribution in [0, 0.1) is 0 Å². The zero-order chi connectivity index (χ0) is 9.84. The third kappa shape index (κ3) is 2.31. The van der Waals surface area contributed by atoms with Gasteiger partial charge in [0.25, 0.3) is 0 Å². The Morgan fingerprint density at radius 3 is 2.69 bits per heavy atom. The largest absolute Gasteiger partial charge is 0.462 e. The third-order valence-corrected chi connectivity index (χ3v) is 1.65. The van der Waals surface area contributed by atoms with E-state index in [4.69, 9.17) is 14.9 Å². The molecule has 3 nitrogen and oxygen atoms in total. The van der Waals surface area contributed by atoms with E-state index < -0.39 is 12.9 Å². The first-order valence-corrected chi connectivity index (χ1v) is 3.87. The molecule has 0 heterocycles. The predicted octanol–water partition coefficient (Wildman–Crippen LogP) is -0.803. The lowest BCUT2D eigenvalue weighted by atomic mass is 10.2. The van der Waals surface area contributed by atoms with E-state index in [1.54, 1.807) is 18.2 Å². The molecule has 0 saturated heterocycles. The van der Waals surface area contributed by atoms with E-state index in [-0.39, 0.29) is 0 Å². The third-order valence-electron chi connectivity index (χ3n) is 1.65. The lowest BCUT2D eigenvalue weighted by Gasteiger charge is -2.10. The minimum Gasteiger partial charge on any atom is -0.462 e. The molecule has 3 heteroatoms. The van der Waals surface area contributed by atoms with Crippen molar-refractivity contribution in [3.05, 3.63) is 28.6 Å². The number of benzene rings is 1. The SMILES string of the molecule is C=c1cccc(OC(O)CO)c1=C. The molecule has 0 aliphatic carbocycles. The second-order valence-corrected chi connectivity index (χ2v) is 2.65. The van der Waals surface area contributed by atoms with Gasteiger partial charge in [-0.25, -0.2) is 0 Å². The molecule has 0 fully saturated rings. The van der Waals surface area contributed by atoms with Gasteiger partial charge in [-0.2, -0.15) is 0 Å². The molecule has 0 spiro atoms. The molecule has 1 aromatic rings. The lowest BCUT2D eigenvalue weighted by molar-refractivity contribution is -0.0554. The highest BCUT2D eigenvalue weighted by atomic mass is 16.6. The van der Waals surface area contributed by atoms with Gasteiger partial charge in [-0.05, 0) is 11.3 Å². The topological polar surface area (TPSA) is 49.7 Å². The summed E-state index contributed by atoms with van der Waals surface area (Å²) < 4.78 is 4.98. The minimum atomic E-state index is -1.21. The quantitative estimate of drug-likeness (QED) is 0.598. The smallest absolute Gasteiger partial charge is 0.220 e. The van der Waals surface area contributed by atoms with Crippen LogP contribution in [0.2, 0.25) is 0 Å². The summed E-state index contributed by atoms with van der Waals surface area (Å²) in [5.41, 5.74) is 0. The summed E-state index contributed by atoms with van der Waals surface area (Å²) in [6.07, 6.45) is -1.21. The van der Waals surface area contributed by atoms with Crippen LogP contribution in [0.5, 0.6) is 5.75 Å². The molecule has 0 aliphatic rings. The Kier molecular flexibility index (Phi) is 3.06.